The van der Waals surface area contributed by atoms with Gasteiger partial charge in [0.25, 0.3) is 5.56 Å². The van der Waals surface area contributed by atoms with E-state index in [-0.39, 0.29) is 5.56 Å². The number of aryl methyl sites for hydroxylation is 1. The maximum atomic E-state index is 12.4. The topological polar surface area (TPSA) is 41.0 Å². The molecule has 1 aromatic heterocycles. The van der Waals surface area contributed by atoms with Crippen LogP contribution >= 0.6 is 12.2 Å². The molecular weight excluding hydrogens is 246 g/mol. The van der Waals surface area contributed by atoms with Gasteiger partial charge in [0.05, 0.1) is 10.9 Å². The van der Waals surface area contributed by atoms with Crippen molar-refractivity contribution in [3.8, 4) is 0 Å². The highest BCUT2D eigenvalue weighted by Gasteiger charge is 2.06. The Kier molecular flexibility index (Phi) is 3.63. The smallest absolute Gasteiger partial charge is 0.262 e. The summed E-state index contributed by atoms with van der Waals surface area (Å²) < 4.78 is 2.11. The van der Waals surface area contributed by atoms with E-state index in [2.05, 4.69) is 4.98 Å². The third-order valence-electron chi connectivity index (χ3n) is 3.00. The van der Waals surface area contributed by atoms with Crippen molar-refractivity contribution in [2.45, 2.75) is 13.5 Å². The first-order valence-electron chi connectivity index (χ1n) is 5.88. The van der Waals surface area contributed by atoms with E-state index in [4.69, 9.17) is 12.2 Å². The molecule has 0 aliphatic rings. The van der Waals surface area contributed by atoms with Gasteiger partial charge in [0, 0.05) is 13.1 Å². The van der Waals surface area contributed by atoms with Crippen molar-refractivity contribution in [1.82, 2.24) is 14.5 Å². The zero-order valence-corrected chi connectivity index (χ0v) is 11.7. The molecule has 0 bridgehead atoms. The van der Waals surface area contributed by atoms with Crippen LogP contribution in [0.4, 0.5) is 0 Å². The Labute approximate surface area is 111 Å². The van der Waals surface area contributed by atoms with Gasteiger partial charge in [-0.2, -0.15) is 0 Å². The molecule has 2 aromatic rings. The van der Waals surface area contributed by atoms with E-state index in [1.165, 1.54) is 0 Å². The van der Waals surface area contributed by atoms with Crippen molar-refractivity contribution < 1.29 is 0 Å². The van der Waals surface area contributed by atoms with Crippen LogP contribution in [0.3, 0.4) is 0 Å². The molecule has 0 saturated heterocycles. The minimum atomic E-state index is -0.0145. The van der Waals surface area contributed by atoms with E-state index in [9.17, 15) is 4.79 Å². The number of nitrogens with one attached hydrogen (secondary N) is 1. The van der Waals surface area contributed by atoms with Gasteiger partial charge in [0.15, 0.2) is 4.77 Å². The molecule has 18 heavy (non-hydrogen) atoms. The monoisotopic (exact) mass is 263 g/mol. The molecule has 1 N–H and O–H groups in total. The van der Waals surface area contributed by atoms with Gasteiger partial charge in [-0.15, -0.1) is 0 Å². The van der Waals surface area contributed by atoms with Crippen LogP contribution in [0.25, 0.3) is 10.9 Å². The molecule has 0 aliphatic heterocycles. The highest BCUT2D eigenvalue weighted by atomic mass is 32.1. The SMILES string of the molecule is Cc1cccc2c(=O)n(CCN(C)C)c(=S)[nH]c12. The Morgan fingerprint density at radius 2 is 2.11 bits per heavy atom. The first-order valence-corrected chi connectivity index (χ1v) is 6.28. The van der Waals surface area contributed by atoms with Crippen LogP contribution in [0.15, 0.2) is 23.0 Å². The molecule has 0 aliphatic carbocycles. The summed E-state index contributed by atoms with van der Waals surface area (Å²) in [5.41, 5.74) is 1.86. The fourth-order valence-electron chi connectivity index (χ4n) is 1.93. The molecule has 0 saturated carbocycles. The van der Waals surface area contributed by atoms with Gasteiger partial charge >= 0.3 is 0 Å². The minimum Gasteiger partial charge on any atom is -0.331 e. The summed E-state index contributed by atoms with van der Waals surface area (Å²) in [6.45, 7) is 3.36. The number of hydrogen-bond donors (Lipinski definition) is 1. The van der Waals surface area contributed by atoms with Gasteiger partial charge < -0.3 is 9.88 Å². The van der Waals surface area contributed by atoms with Gasteiger partial charge in [-0.05, 0) is 44.9 Å². The van der Waals surface area contributed by atoms with Crippen molar-refractivity contribution in [2.75, 3.05) is 20.6 Å². The summed E-state index contributed by atoms with van der Waals surface area (Å²) >= 11 is 5.27. The van der Waals surface area contributed by atoms with Crippen LogP contribution in [0.5, 0.6) is 0 Å². The summed E-state index contributed by atoms with van der Waals surface area (Å²) in [5.74, 6) is 0. The number of fused-ring (bicyclic) bond motifs is 1. The second-order valence-electron chi connectivity index (χ2n) is 4.69. The fourth-order valence-corrected chi connectivity index (χ4v) is 2.20. The van der Waals surface area contributed by atoms with Crippen molar-refractivity contribution in [3.05, 3.63) is 38.9 Å². The molecule has 0 radical (unpaired) electrons. The third-order valence-corrected chi connectivity index (χ3v) is 3.32. The molecule has 4 nitrogen and oxygen atoms in total. The number of para-hydroxylation sites is 1. The van der Waals surface area contributed by atoms with Crippen molar-refractivity contribution >= 4 is 23.1 Å². The molecular formula is C13H17N3OS. The lowest BCUT2D eigenvalue weighted by Gasteiger charge is -2.12. The zero-order chi connectivity index (χ0) is 13.3. The number of benzene rings is 1. The Morgan fingerprint density at radius 3 is 2.78 bits per heavy atom. The van der Waals surface area contributed by atoms with Crippen LogP contribution in [0, 0.1) is 11.7 Å². The number of likely N-dealkylation sites (N-methyl/N-ethyl adjacent to an activating group) is 1. The second-order valence-corrected chi connectivity index (χ2v) is 5.07. The van der Waals surface area contributed by atoms with Crippen molar-refractivity contribution in [3.63, 3.8) is 0 Å². The molecule has 0 amide bonds. The Balaban J connectivity index is 2.63. The number of aromatic nitrogens is 2. The van der Waals surface area contributed by atoms with Crippen molar-refractivity contribution in [2.24, 2.45) is 0 Å². The third kappa shape index (κ3) is 2.37. The molecule has 1 aromatic carbocycles. The number of aromatic amines is 1. The largest absolute Gasteiger partial charge is 0.331 e. The first-order chi connectivity index (χ1) is 8.50. The van der Waals surface area contributed by atoms with Crippen LogP contribution in [-0.4, -0.2) is 35.1 Å². The number of rotatable bonds is 3. The molecule has 0 atom stereocenters. The molecule has 0 unspecified atom stereocenters. The molecule has 96 valence electrons. The van der Waals surface area contributed by atoms with Gasteiger partial charge in [0.2, 0.25) is 0 Å². The Bertz CT molecular complexity index is 685. The van der Waals surface area contributed by atoms with E-state index < -0.39 is 0 Å². The predicted octanol–water partition coefficient (Wildman–Crippen LogP) is 1.93. The molecule has 1 heterocycles. The predicted molar refractivity (Wildman–Crippen MR) is 76.7 cm³/mol. The lowest BCUT2D eigenvalue weighted by atomic mass is 10.1. The Morgan fingerprint density at radius 1 is 1.39 bits per heavy atom. The van der Waals surface area contributed by atoms with Crippen LogP contribution < -0.4 is 5.56 Å². The van der Waals surface area contributed by atoms with E-state index in [0.29, 0.717) is 16.7 Å². The number of nitrogens with zero attached hydrogens (tertiary/aromatic N) is 2. The number of hydrogen-bond acceptors (Lipinski definition) is 3. The first kappa shape index (κ1) is 13.0. The highest BCUT2D eigenvalue weighted by molar-refractivity contribution is 7.71. The summed E-state index contributed by atoms with van der Waals surface area (Å²) in [7, 11) is 3.95. The molecule has 0 spiro atoms. The maximum Gasteiger partial charge on any atom is 0.262 e. The lowest BCUT2D eigenvalue weighted by molar-refractivity contribution is 0.379. The van der Waals surface area contributed by atoms with E-state index in [0.717, 1.165) is 17.6 Å². The standard InChI is InChI=1S/C13H17N3OS/c1-9-5-4-6-10-11(9)14-13(18)16(12(10)17)8-7-15(2)3/h4-6H,7-8H2,1-3H3,(H,14,18). The van der Waals surface area contributed by atoms with E-state index in [1.807, 2.05) is 44.1 Å². The second kappa shape index (κ2) is 5.04. The van der Waals surface area contributed by atoms with Crippen LogP contribution in [0.1, 0.15) is 5.56 Å². The molecule has 0 fully saturated rings. The van der Waals surface area contributed by atoms with Crippen molar-refractivity contribution in [1.29, 1.82) is 0 Å². The number of H-pyrrole nitrogens is 1. The average molecular weight is 263 g/mol. The summed E-state index contributed by atoms with van der Waals surface area (Å²) in [6.07, 6.45) is 0. The summed E-state index contributed by atoms with van der Waals surface area (Å²) in [4.78, 5) is 17.6. The molecule has 5 heteroatoms. The average Bonchev–Trinajstić information content (AvgIpc) is 2.30. The summed E-state index contributed by atoms with van der Waals surface area (Å²) in [5, 5.41) is 0.697. The zero-order valence-electron chi connectivity index (χ0n) is 10.9. The quantitative estimate of drug-likeness (QED) is 0.860. The highest BCUT2D eigenvalue weighted by Crippen LogP contribution is 2.11. The molecule has 2 rings (SSSR count). The Hall–Kier alpha value is -1.46. The van der Waals surface area contributed by atoms with E-state index in [1.54, 1.807) is 4.57 Å². The normalized spacial score (nSPS) is 11.3. The van der Waals surface area contributed by atoms with Gasteiger partial charge in [-0.25, -0.2) is 0 Å². The van der Waals surface area contributed by atoms with Crippen LogP contribution in [0.2, 0.25) is 0 Å². The van der Waals surface area contributed by atoms with Gasteiger partial charge in [0.1, 0.15) is 0 Å². The maximum absolute atomic E-state index is 12.4. The summed E-state index contributed by atoms with van der Waals surface area (Å²) in [6, 6.07) is 5.70. The van der Waals surface area contributed by atoms with Gasteiger partial charge in [-0.3, -0.25) is 9.36 Å². The minimum absolute atomic E-state index is 0.0145. The van der Waals surface area contributed by atoms with Crippen LogP contribution in [-0.2, 0) is 6.54 Å². The van der Waals surface area contributed by atoms with E-state index >= 15 is 0 Å². The lowest BCUT2D eigenvalue weighted by Crippen LogP contribution is -2.28. The van der Waals surface area contributed by atoms with Gasteiger partial charge in [-0.1, -0.05) is 12.1 Å². The fraction of sp³-hybridized carbons (Fsp3) is 0.385.